The molecule has 0 amide bonds. The summed E-state index contributed by atoms with van der Waals surface area (Å²) < 4.78 is 6.13. The van der Waals surface area contributed by atoms with Gasteiger partial charge >= 0.3 is 0 Å². The Balaban J connectivity index is 1.48. The molecule has 2 unspecified atom stereocenters. The van der Waals surface area contributed by atoms with E-state index in [1.165, 1.54) is 6.92 Å². The molecule has 4 aromatic rings. The molecule has 6 nitrogen and oxygen atoms in total. The van der Waals surface area contributed by atoms with Crippen LogP contribution in [-0.4, -0.2) is 52.2 Å². The van der Waals surface area contributed by atoms with Crippen LogP contribution in [0.25, 0.3) is 27.6 Å². The predicted molar refractivity (Wildman–Crippen MR) is 156 cm³/mol. The van der Waals surface area contributed by atoms with Gasteiger partial charge in [0.1, 0.15) is 28.6 Å². The number of phenolic OH excluding ortho intramolecular Hbond substituents is 2. The number of Topliss-reactive ketones (excluding diaryl/α,β-unsaturated/α-hetero) is 1. The third-order valence-electron chi connectivity index (χ3n) is 7.47. The van der Waals surface area contributed by atoms with Crippen LogP contribution < -0.4 is 4.74 Å². The Bertz CT molecular complexity index is 1550. The second kappa shape index (κ2) is 10.9. The van der Waals surface area contributed by atoms with Gasteiger partial charge in [0, 0.05) is 30.5 Å². The second-order valence-electron chi connectivity index (χ2n) is 10.3. The summed E-state index contributed by atoms with van der Waals surface area (Å²) in [6.07, 6.45) is 4.13. The number of β-amino-alcohol motifs (C(OH)–C–C–N with tert-alkyl or cyclic N) is 1. The number of aliphatic hydroxyl groups excluding tert-OH is 1. The zero-order valence-corrected chi connectivity index (χ0v) is 22.2. The minimum atomic E-state index is -0.769. The zero-order chi connectivity index (χ0) is 27.7. The zero-order valence-electron chi connectivity index (χ0n) is 22.2. The molecule has 0 saturated carbocycles. The van der Waals surface area contributed by atoms with Crippen molar-refractivity contribution in [1.29, 1.82) is 0 Å². The Morgan fingerprint density at radius 1 is 1.05 bits per heavy atom. The van der Waals surface area contributed by atoms with Gasteiger partial charge in [-0.1, -0.05) is 67.3 Å². The number of hydrogen-bond acceptors (Lipinski definition) is 6. The number of ether oxygens (including phenoxy) is 1. The van der Waals surface area contributed by atoms with E-state index in [-0.39, 0.29) is 22.8 Å². The van der Waals surface area contributed by atoms with Crippen LogP contribution in [0.4, 0.5) is 0 Å². The van der Waals surface area contributed by atoms with Crippen LogP contribution >= 0.6 is 0 Å². The van der Waals surface area contributed by atoms with E-state index in [9.17, 15) is 20.1 Å². The van der Waals surface area contributed by atoms with Gasteiger partial charge in [-0.15, -0.1) is 0 Å². The molecule has 5 rings (SSSR count). The minimum absolute atomic E-state index is 0.0286. The van der Waals surface area contributed by atoms with Crippen LogP contribution in [0.2, 0.25) is 0 Å². The van der Waals surface area contributed by atoms with Crippen LogP contribution in [0.3, 0.4) is 0 Å². The second-order valence-corrected chi connectivity index (χ2v) is 10.3. The quantitative estimate of drug-likeness (QED) is 0.148. The maximum absolute atomic E-state index is 12.6. The van der Waals surface area contributed by atoms with Gasteiger partial charge in [-0.3, -0.25) is 4.79 Å². The van der Waals surface area contributed by atoms with Crippen molar-refractivity contribution < 1.29 is 24.9 Å². The van der Waals surface area contributed by atoms with Crippen LogP contribution in [-0.2, 0) is 0 Å². The standard InChI is InChI=1S/C33H33NO5/c1-20(9-8-14-26-24-12-6-4-10-22(24)17-23-11-5-7-13-25(23)26)39-33-31(21(2)35)28(36)18-29(37)32(33)27-15-16-34(3)19-30(27)38/h4-8,10-14,17-18,27,30,36-38H,1,9,15-16,19H2,2-3H3/b14-8+. The molecule has 0 bridgehead atoms. The molecular formula is C33H33NO5. The predicted octanol–water partition coefficient (Wildman–Crippen LogP) is 6.38. The number of allylic oxidation sites excluding steroid dienone is 1. The van der Waals surface area contributed by atoms with Crippen molar-refractivity contribution in [3.8, 4) is 17.2 Å². The highest BCUT2D eigenvalue weighted by Crippen LogP contribution is 2.46. The number of aromatic hydroxyl groups is 2. The lowest BCUT2D eigenvalue weighted by Gasteiger charge is -2.35. The van der Waals surface area contributed by atoms with Gasteiger partial charge in [0.25, 0.3) is 0 Å². The lowest BCUT2D eigenvalue weighted by Crippen LogP contribution is -2.40. The van der Waals surface area contributed by atoms with E-state index in [2.05, 4.69) is 36.9 Å². The van der Waals surface area contributed by atoms with Crippen molar-refractivity contribution in [2.75, 3.05) is 20.1 Å². The fourth-order valence-electron chi connectivity index (χ4n) is 5.60. The number of hydrogen-bond donors (Lipinski definition) is 3. The van der Waals surface area contributed by atoms with E-state index in [0.29, 0.717) is 37.3 Å². The number of benzene rings is 4. The van der Waals surface area contributed by atoms with Crippen molar-refractivity contribution in [1.82, 2.24) is 4.90 Å². The smallest absolute Gasteiger partial charge is 0.167 e. The van der Waals surface area contributed by atoms with E-state index in [1.54, 1.807) is 0 Å². The molecule has 1 aliphatic heterocycles. The van der Waals surface area contributed by atoms with Gasteiger partial charge in [-0.25, -0.2) is 0 Å². The number of likely N-dealkylation sites (tertiary alicyclic amines) is 1. The van der Waals surface area contributed by atoms with Gasteiger partial charge in [0.05, 0.1) is 6.10 Å². The number of piperidine rings is 1. The summed E-state index contributed by atoms with van der Waals surface area (Å²) in [7, 11) is 1.92. The van der Waals surface area contributed by atoms with E-state index < -0.39 is 17.8 Å². The molecule has 0 spiro atoms. The number of ketones is 1. The van der Waals surface area contributed by atoms with Crippen LogP contribution in [0.15, 0.2) is 79.1 Å². The fourth-order valence-corrected chi connectivity index (χ4v) is 5.60. The van der Waals surface area contributed by atoms with Crippen LogP contribution in [0.1, 0.15) is 47.2 Å². The summed E-state index contributed by atoms with van der Waals surface area (Å²) in [6, 6.07) is 19.8. The van der Waals surface area contributed by atoms with E-state index in [4.69, 9.17) is 4.74 Å². The monoisotopic (exact) mass is 523 g/mol. The fraction of sp³-hybridized carbons (Fsp3) is 0.242. The molecule has 4 aromatic carbocycles. The van der Waals surface area contributed by atoms with Crippen molar-refractivity contribution in [2.45, 2.75) is 31.8 Å². The number of likely N-dealkylation sites (N-methyl/N-ethyl adjacent to an activating group) is 1. The molecule has 200 valence electrons. The molecule has 1 fully saturated rings. The minimum Gasteiger partial charge on any atom is -0.507 e. The summed E-state index contributed by atoms with van der Waals surface area (Å²) in [4.78, 5) is 14.6. The molecule has 39 heavy (non-hydrogen) atoms. The van der Waals surface area contributed by atoms with E-state index >= 15 is 0 Å². The molecule has 1 saturated heterocycles. The van der Waals surface area contributed by atoms with Crippen LogP contribution in [0, 0.1) is 0 Å². The molecule has 1 aliphatic rings. The Morgan fingerprint density at radius 2 is 1.69 bits per heavy atom. The van der Waals surface area contributed by atoms with Gasteiger partial charge < -0.3 is 25.0 Å². The Kier molecular flexibility index (Phi) is 7.42. The summed E-state index contributed by atoms with van der Waals surface area (Å²) in [5, 5.41) is 36.8. The van der Waals surface area contributed by atoms with Crippen molar-refractivity contribution in [2.24, 2.45) is 0 Å². The number of carbonyl (C=O) groups is 1. The van der Waals surface area contributed by atoms with Crippen molar-refractivity contribution in [3.63, 3.8) is 0 Å². The third kappa shape index (κ3) is 5.26. The van der Waals surface area contributed by atoms with Gasteiger partial charge in [-0.05, 0) is 60.1 Å². The topological polar surface area (TPSA) is 90.2 Å². The molecule has 3 N–H and O–H groups in total. The summed E-state index contributed by atoms with van der Waals surface area (Å²) in [5.41, 5.74) is 1.38. The first-order valence-electron chi connectivity index (χ1n) is 13.1. The molecule has 2 atom stereocenters. The third-order valence-corrected chi connectivity index (χ3v) is 7.47. The molecule has 1 heterocycles. The molecule has 0 aromatic heterocycles. The Hall–Kier alpha value is -4.13. The number of nitrogens with zero attached hydrogens (tertiary/aromatic N) is 1. The van der Waals surface area contributed by atoms with Crippen molar-refractivity contribution >= 4 is 33.4 Å². The molecule has 0 radical (unpaired) electrons. The highest BCUT2D eigenvalue weighted by molar-refractivity contribution is 6.06. The summed E-state index contributed by atoms with van der Waals surface area (Å²) >= 11 is 0. The van der Waals surface area contributed by atoms with Gasteiger partial charge in [0.15, 0.2) is 5.78 Å². The number of aliphatic hydroxyl groups is 1. The van der Waals surface area contributed by atoms with E-state index in [1.807, 2.05) is 48.4 Å². The van der Waals surface area contributed by atoms with E-state index in [0.717, 1.165) is 33.2 Å². The SMILES string of the molecule is C=C(C/C=C/c1c2ccccc2cc2ccccc12)Oc1c(C(C)=O)c(O)cc(O)c1C1CCN(C)CC1O. The lowest BCUT2D eigenvalue weighted by molar-refractivity contribution is 0.0619. The van der Waals surface area contributed by atoms with Gasteiger partial charge in [-0.2, -0.15) is 0 Å². The number of fused-ring (bicyclic) bond motifs is 2. The molecule has 0 aliphatic carbocycles. The summed E-state index contributed by atoms with van der Waals surface area (Å²) in [5.74, 6) is -1.05. The highest BCUT2D eigenvalue weighted by Gasteiger charge is 2.34. The first-order chi connectivity index (χ1) is 18.7. The van der Waals surface area contributed by atoms with Gasteiger partial charge in [0.2, 0.25) is 0 Å². The molecule has 6 heteroatoms. The maximum atomic E-state index is 12.6. The number of phenols is 2. The first-order valence-corrected chi connectivity index (χ1v) is 13.1. The average Bonchev–Trinajstić information content (AvgIpc) is 2.89. The Morgan fingerprint density at radius 3 is 2.31 bits per heavy atom. The largest absolute Gasteiger partial charge is 0.507 e. The van der Waals surface area contributed by atoms with Crippen LogP contribution in [0.5, 0.6) is 17.2 Å². The first kappa shape index (κ1) is 26.5. The number of carbonyl (C=O) groups excluding carboxylic acids is 1. The molecular weight excluding hydrogens is 490 g/mol. The summed E-state index contributed by atoms with van der Waals surface area (Å²) in [6.45, 7) is 6.53. The normalized spacial score (nSPS) is 18.1. The average molecular weight is 524 g/mol. The lowest BCUT2D eigenvalue weighted by atomic mass is 9.84. The maximum Gasteiger partial charge on any atom is 0.167 e. The highest BCUT2D eigenvalue weighted by atomic mass is 16.5. The van der Waals surface area contributed by atoms with Crippen molar-refractivity contribution in [3.05, 3.63) is 95.8 Å². The number of rotatable bonds is 7. The Labute approximate surface area is 228 Å².